The van der Waals surface area contributed by atoms with Crippen molar-refractivity contribution in [2.75, 3.05) is 0 Å². The number of H-pyrrole nitrogens is 2. The van der Waals surface area contributed by atoms with Gasteiger partial charge >= 0.3 is 0 Å². The fourth-order valence-corrected chi connectivity index (χ4v) is 6.57. The predicted octanol–water partition coefficient (Wildman–Crippen LogP) is 5.78. The van der Waals surface area contributed by atoms with E-state index in [4.69, 9.17) is 0 Å². The maximum atomic E-state index is 12.8. The summed E-state index contributed by atoms with van der Waals surface area (Å²) in [5.74, 6) is 0.633. The molecular weight excluding hydrogens is 524 g/mol. The molecule has 0 aliphatic heterocycles. The molecule has 0 saturated carbocycles. The zero-order valence-electron chi connectivity index (χ0n) is 23.9. The third kappa shape index (κ3) is 4.76. The van der Waals surface area contributed by atoms with Crippen molar-refractivity contribution in [2.24, 2.45) is 25.9 Å². The molecule has 4 aromatic heterocycles. The Hall–Kier alpha value is -4.72. The number of Topliss-reactive ketones (excluding diaryl/α,β-unsaturated/α-hetero) is 2. The molecule has 0 bridgehead atoms. The van der Waals surface area contributed by atoms with Crippen molar-refractivity contribution in [2.45, 2.75) is 38.5 Å². The number of ketones is 2. The highest BCUT2D eigenvalue weighted by atomic mass is 16.1. The first kappa shape index (κ1) is 26.2. The number of aryl methyl sites for hydroxylation is 4. The van der Waals surface area contributed by atoms with Gasteiger partial charge in [0.1, 0.15) is 0 Å². The number of benzene rings is 2. The topological polar surface area (TPSA) is 101 Å². The lowest BCUT2D eigenvalue weighted by Gasteiger charge is -2.20. The number of aromatic amines is 2. The van der Waals surface area contributed by atoms with Crippen molar-refractivity contribution in [3.8, 4) is 0 Å². The SMILES string of the molecule is Cn1ccc2cc(C(=O)C3CCc4nc[nH]c4C3)ccc21.Cn1ccc2ccc(C(=O)C3CCc4nc[nH]c4C3)cc21. The van der Waals surface area contributed by atoms with Crippen LogP contribution in [0.4, 0.5) is 0 Å². The van der Waals surface area contributed by atoms with Crippen molar-refractivity contribution in [1.82, 2.24) is 29.1 Å². The van der Waals surface area contributed by atoms with Crippen LogP contribution in [0.1, 0.15) is 56.3 Å². The predicted molar refractivity (Wildman–Crippen MR) is 163 cm³/mol. The molecule has 4 heterocycles. The average Bonchev–Trinajstić information content (AvgIpc) is 3.83. The highest BCUT2D eigenvalue weighted by molar-refractivity contribution is 6.02. The minimum atomic E-state index is 0.0654. The van der Waals surface area contributed by atoms with Gasteiger partial charge in [-0.25, -0.2) is 9.97 Å². The molecule has 8 heteroatoms. The summed E-state index contributed by atoms with van der Waals surface area (Å²) in [6.45, 7) is 0. The molecule has 2 aliphatic rings. The number of carbonyl (C=O) groups is 2. The largest absolute Gasteiger partial charge is 0.351 e. The number of aromatic nitrogens is 6. The van der Waals surface area contributed by atoms with Crippen LogP contribution in [0.15, 0.2) is 73.6 Å². The van der Waals surface area contributed by atoms with Crippen LogP contribution >= 0.6 is 0 Å². The molecule has 212 valence electrons. The molecule has 2 aromatic carbocycles. The van der Waals surface area contributed by atoms with E-state index in [-0.39, 0.29) is 23.4 Å². The average molecular weight is 559 g/mol. The first-order valence-electron chi connectivity index (χ1n) is 14.7. The van der Waals surface area contributed by atoms with E-state index >= 15 is 0 Å². The lowest BCUT2D eigenvalue weighted by Crippen LogP contribution is -2.23. The van der Waals surface area contributed by atoms with Gasteiger partial charge in [0, 0.05) is 77.3 Å². The third-order valence-electron chi connectivity index (χ3n) is 9.06. The first-order chi connectivity index (χ1) is 20.4. The number of carbonyl (C=O) groups excluding carboxylic acids is 2. The highest BCUT2D eigenvalue weighted by Gasteiger charge is 2.28. The monoisotopic (exact) mass is 558 g/mol. The van der Waals surface area contributed by atoms with E-state index in [1.165, 1.54) is 5.39 Å². The summed E-state index contributed by atoms with van der Waals surface area (Å²) < 4.78 is 4.13. The van der Waals surface area contributed by atoms with Crippen LogP contribution in [-0.4, -0.2) is 40.6 Å². The fraction of sp³-hybridized carbons (Fsp3) is 0.294. The van der Waals surface area contributed by atoms with E-state index in [2.05, 4.69) is 41.2 Å². The van der Waals surface area contributed by atoms with E-state index in [1.54, 1.807) is 12.7 Å². The summed E-state index contributed by atoms with van der Waals surface area (Å²) in [6, 6.07) is 16.1. The van der Waals surface area contributed by atoms with E-state index < -0.39 is 0 Å². The first-order valence-corrected chi connectivity index (χ1v) is 14.7. The van der Waals surface area contributed by atoms with Gasteiger partial charge in [0.25, 0.3) is 0 Å². The number of imidazole rings is 2. The van der Waals surface area contributed by atoms with Crippen molar-refractivity contribution in [3.05, 3.63) is 107 Å². The second kappa shape index (κ2) is 10.6. The maximum Gasteiger partial charge on any atom is 0.166 e. The maximum absolute atomic E-state index is 12.8. The smallest absolute Gasteiger partial charge is 0.166 e. The van der Waals surface area contributed by atoms with Crippen LogP contribution in [0.25, 0.3) is 21.8 Å². The Morgan fingerprint density at radius 1 is 0.690 bits per heavy atom. The van der Waals surface area contributed by atoms with Gasteiger partial charge < -0.3 is 19.1 Å². The number of nitrogens with one attached hydrogen (secondary N) is 2. The lowest BCUT2D eigenvalue weighted by atomic mass is 9.84. The van der Waals surface area contributed by atoms with Crippen molar-refractivity contribution in [1.29, 1.82) is 0 Å². The van der Waals surface area contributed by atoms with Crippen LogP contribution in [0.3, 0.4) is 0 Å². The fourth-order valence-electron chi connectivity index (χ4n) is 6.57. The van der Waals surface area contributed by atoms with Crippen molar-refractivity contribution < 1.29 is 9.59 Å². The van der Waals surface area contributed by atoms with E-state index in [0.29, 0.717) is 0 Å². The second-order valence-electron chi connectivity index (χ2n) is 11.7. The van der Waals surface area contributed by atoms with Crippen LogP contribution in [0.2, 0.25) is 0 Å². The van der Waals surface area contributed by atoms with Gasteiger partial charge in [0.15, 0.2) is 11.6 Å². The molecular formula is C34H34N6O2. The lowest BCUT2D eigenvalue weighted by molar-refractivity contribution is 0.0900. The Bertz CT molecular complexity index is 1940. The van der Waals surface area contributed by atoms with Gasteiger partial charge in [-0.3, -0.25) is 9.59 Å². The highest BCUT2D eigenvalue weighted by Crippen LogP contribution is 2.29. The summed E-state index contributed by atoms with van der Waals surface area (Å²) in [5, 5.41) is 2.30. The van der Waals surface area contributed by atoms with Gasteiger partial charge in [-0.1, -0.05) is 12.1 Å². The summed E-state index contributed by atoms with van der Waals surface area (Å²) >= 11 is 0. The normalized spacial score (nSPS) is 17.9. The molecule has 0 radical (unpaired) electrons. The van der Waals surface area contributed by atoms with Crippen LogP contribution in [-0.2, 0) is 39.8 Å². The summed E-state index contributed by atoms with van der Waals surface area (Å²) in [6.07, 6.45) is 12.6. The van der Waals surface area contributed by atoms with Crippen LogP contribution in [0.5, 0.6) is 0 Å². The molecule has 0 saturated heterocycles. The van der Waals surface area contributed by atoms with Crippen molar-refractivity contribution >= 4 is 33.4 Å². The molecule has 8 rings (SSSR count). The Morgan fingerprint density at radius 2 is 1.24 bits per heavy atom. The van der Waals surface area contributed by atoms with Crippen LogP contribution in [0, 0.1) is 11.8 Å². The summed E-state index contributed by atoms with van der Waals surface area (Å²) in [5.41, 5.74) is 8.40. The minimum absolute atomic E-state index is 0.0654. The van der Waals surface area contributed by atoms with Gasteiger partial charge in [-0.05, 0) is 80.3 Å². The number of hydrogen-bond acceptors (Lipinski definition) is 4. The number of hydrogen-bond donors (Lipinski definition) is 2. The third-order valence-corrected chi connectivity index (χ3v) is 9.06. The number of nitrogens with zero attached hydrogens (tertiary/aromatic N) is 4. The Balaban J connectivity index is 0.000000137. The molecule has 2 unspecified atom stereocenters. The quantitative estimate of drug-likeness (QED) is 0.268. The molecule has 0 spiro atoms. The zero-order valence-corrected chi connectivity index (χ0v) is 23.9. The second-order valence-corrected chi connectivity index (χ2v) is 11.7. The summed E-state index contributed by atoms with van der Waals surface area (Å²) in [4.78, 5) is 40.4. The van der Waals surface area contributed by atoms with E-state index in [9.17, 15) is 9.59 Å². The van der Waals surface area contributed by atoms with Crippen LogP contribution < -0.4 is 0 Å². The summed E-state index contributed by atoms with van der Waals surface area (Å²) in [7, 11) is 4.03. The van der Waals surface area contributed by atoms with Gasteiger partial charge in [-0.2, -0.15) is 0 Å². The Labute approximate surface area is 243 Å². The molecule has 8 nitrogen and oxygen atoms in total. The van der Waals surface area contributed by atoms with Gasteiger partial charge in [0.05, 0.1) is 24.0 Å². The van der Waals surface area contributed by atoms with E-state index in [1.807, 2.05) is 62.9 Å². The number of rotatable bonds is 4. The van der Waals surface area contributed by atoms with E-state index in [0.717, 1.165) is 88.8 Å². The molecule has 42 heavy (non-hydrogen) atoms. The minimum Gasteiger partial charge on any atom is -0.351 e. The molecule has 6 aromatic rings. The van der Waals surface area contributed by atoms with Gasteiger partial charge in [0.2, 0.25) is 0 Å². The zero-order chi connectivity index (χ0) is 28.8. The molecule has 2 N–H and O–H groups in total. The molecule has 0 amide bonds. The van der Waals surface area contributed by atoms with Gasteiger partial charge in [-0.15, -0.1) is 0 Å². The standard InChI is InChI=1S/2C17H17N3O/c1-20-7-6-11-8-12(3-5-16(11)20)17(21)13-2-4-14-15(9-13)19-10-18-14;1-20-7-6-11-2-3-13(9-16(11)20)17(21)12-4-5-14-15(8-12)19-10-18-14/h3,5-8,10,13H,2,4,9H2,1H3,(H,18,19);2-3,6-7,9-10,12H,4-5,8H2,1H3,(H,18,19). The Morgan fingerprint density at radius 3 is 1.88 bits per heavy atom. The molecule has 2 aliphatic carbocycles. The number of fused-ring (bicyclic) bond motifs is 4. The molecule has 2 atom stereocenters. The Kier molecular flexibility index (Phi) is 6.61. The molecule has 0 fully saturated rings. The van der Waals surface area contributed by atoms with Crippen molar-refractivity contribution in [3.63, 3.8) is 0 Å².